The fourth-order valence-corrected chi connectivity index (χ4v) is 3.92. The summed E-state index contributed by atoms with van der Waals surface area (Å²) in [5, 5.41) is 29.6. The van der Waals surface area contributed by atoms with Crippen LogP contribution in [0.15, 0.2) is 24.3 Å². The number of unbranched alkanes of at least 4 members (excludes halogenated alkanes) is 3. The highest BCUT2D eigenvalue weighted by molar-refractivity contribution is 5.86. The summed E-state index contributed by atoms with van der Waals surface area (Å²) in [4.78, 5) is 35.0. The maximum atomic E-state index is 12.6. The highest BCUT2D eigenvalue weighted by atomic mass is 16.4. The number of hydrogen-bond donors (Lipinski definition) is 3. The Hall–Kier alpha value is -2.46. The smallest absolute Gasteiger partial charge is 0.303 e. The minimum atomic E-state index is -0.824. The van der Waals surface area contributed by atoms with Crippen molar-refractivity contribution in [1.82, 2.24) is 5.32 Å². The van der Waals surface area contributed by atoms with Crippen LogP contribution in [0.1, 0.15) is 71.1 Å². The number of carboxylic acids is 1. The number of nitrogens with zero attached hydrogens (tertiary/aromatic N) is 1. The molecule has 0 aromatic carbocycles. The number of hydrogen-bond acceptors (Lipinski definition) is 5. The molecule has 0 saturated heterocycles. The molecule has 166 valence electrons. The minimum Gasteiger partial charge on any atom is -0.481 e. The van der Waals surface area contributed by atoms with Gasteiger partial charge in [0, 0.05) is 25.2 Å². The average Bonchev–Trinajstić information content (AvgIpc) is 2.97. The zero-order chi connectivity index (χ0) is 22.4. The third kappa shape index (κ3) is 9.84. The lowest BCUT2D eigenvalue weighted by atomic mass is 9.84. The molecule has 0 heterocycles. The number of carbonyl (C=O) groups excluding carboxylic acids is 2. The third-order valence-corrected chi connectivity index (χ3v) is 5.51. The SMILES string of the molecule is CCCCCC(O)C=CC1C(CC(=O)NC#N)CC(=O)C1CC=CCCCC(=O)O. The first-order valence-electron chi connectivity index (χ1n) is 10.8. The lowest BCUT2D eigenvalue weighted by molar-refractivity contribution is -0.137. The Balaban J connectivity index is 2.77. The molecule has 3 N–H and O–H groups in total. The zero-order valence-electron chi connectivity index (χ0n) is 17.8. The van der Waals surface area contributed by atoms with Crippen LogP contribution in [0.3, 0.4) is 0 Å². The highest BCUT2D eigenvalue weighted by Crippen LogP contribution is 2.40. The lowest BCUT2D eigenvalue weighted by Gasteiger charge is -2.20. The fourth-order valence-electron chi connectivity index (χ4n) is 3.92. The first kappa shape index (κ1) is 25.6. The van der Waals surface area contributed by atoms with Crippen LogP contribution < -0.4 is 5.32 Å². The van der Waals surface area contributed by atoms with Crippen LogP contribution in [0.5, 0.6) is 0 Å². The molecule has 0 aromatic rings. The number of carboxylic acid groups (broad SMARTS) is 1. The predicted octanol–water partition coefficient (Wildman–Crippen LogP) is 3.49. The van der Waals surface area contributed by atoms with Crippen molar-refractivity contribution >= 4 is 17.7 Å². The van der Waals surface area contributed by atoms with E-state index in [-0.39, 0.29) is 42.8 Å². The van der Waals surface area contributed by atoms with E-state index in [0.717, 1.165) is 19.3 Å². The second-order valence-electron chi connectivity index (χ2n) is 7.92. The van der Waals surface area contributed by atoms with Gasteiger partial charge in [0.25, 0.3) is 0 Å². The lowest BCUT2D eigenvalue weighted by Crippen LogP contribution is -2.23. The molecule has 4 atom stereocenters. The van der Waals surface area contributed by atoms with Crippen molar-refractivity contribution in [1.29, 1.82) is 5.26 Å². The summed E-state index contributed by atoms with van der Waals surface area (Å²) < 4.78 is 0. The van der Waals surface area contributed by atoms with Crippen LogP contribution in [0, 0.1) is 29.2 Å². The topological polar surface area (TPSA) is 127 Å². The monoisotopic (exact) mass is 418 g/mol. The van der Waals surface area contributed by atoms with Crippen molar-refractivity contribution in [3.63, 3.8) is 0 Å². The number of amides is 1. The van der Waals surface area contributed by atoms with Crippen LogP contribution in [-0.4, -0.2) is 34.0 Å². The van der Waals surface area contributed by atoms with Gasteiger partial charge in [0.2, 0.25) is 5.91 Å². The van der Waals surface area contributed by atoms with Gasteiger partial charge in [0.15, 0.2) is 6.19 Å². The predicted molar refractivity (Wildman–Crippen MR) is 113 cm³/mol. The van der Waals surface area contributed by atoms with E-state index in [2.05, 4.69) is 12.2 Å². The molecule has 4 unspecified atom stereocenters. The van der Waals surface area contributed by atoms with E-state index in [1.54, 1.807) is 12.3 Å². The summed E-state index contributed by atoms with van der Waals surface area (Å²) in [5.74, 6) is -1.80. The van der Waals surface area contributed by atoms with Gasteiger partial charge in [-0.3, -0.25) is 19.7 Å². The van der Waals surface area contributed by atoms with Gasteiger partial charge in [-0.15, -0.1) is 0 Å². The van der Waals surface area contributed by atoms with Crippen molar-refractivity contribution in [2.45, 2.75) is 77.2 Å². The minimum absolute atomic E-state index is 0.0788. The fraction of sp³-hybridized carbons (Fsp3) is 0.652. The van der Waals surface area contributed by atoms with E-state index >= 15 is 0 Å². The summed E-state index contributed by atoms with van der Waals surface area (Å²) in [6, 6.07) is 0. The Kier molecular flexibility index (Phi) is 12.4. The maximum absolute atomic E-state index is 12.6. The van der Waals surface area contributed by atoms with Gasteiger partial charge in [0.1, 0.15) is 5.78 Å². The molecular weight excluding hydrogens is 384 g/mol. The van der Waals surface area contributed by atoms with Crippen molar-refractivity contribution in [3.8, 4) is 6.19 Å². The van der Waals surface area contributed by atoms with Gasteiger partial charge in [-0.05, 0) is 37.5 Å². The van der Waals surface area contributed by atoms with E-state index < -0.39 is 18.0 Å². The first-order chi connectivity index (χ1) is 14.4. The van der Waals surface area contributed by atoms with Gasteiger partial charge < -0.3 is 10.2 Å². The Morgan fingerprint density at radius 2 is 2.07 bits per heavy atom. The van der Waals surface area contributed by atoms with Gasteiger partial charge in [-0.1, -0.05) is 50.5 Å². The number of carbonyl (C=O) groups is 3. The number of aliphatic carboxylic acids is 1. The molecule has 1 amide bonds. The van der Waals surface area contributed by atoms with E-state index in [1.165, 1.54) is 0 Å². The molecule has 0 spiro atoms. The largest absolute Gasteiger partial charge is 0.481 e. The molecule has 1 saturated carbocycles. The molecule has 0 aliphatic heterocycles. The van der Waals surface area contributed by atoms with Crippen molar-refractivity contribution in [3.05, 3.63) is 24.3 Å². The van der Waals surface area contributed by atoms with Gasteiger partial charge >= 0.3 is 5.97 Å². The van der Waals surface area contributed by atoms with Crippen LogP contribution >= 0.6 is 0 Å². The van der Waals surface area contributed by atoms with E-state index in [9.17, 15) is 19.5 Å². The second-order valence-corrected chi connectivity index (χ2v) is 7.92. The number of rotatable bonds is 14. The Morgan fingerprint density at radius 3 is 2.73 bits per heavy atom. The number of nitrogens with one attached hydrogen (secondary N) is 1. The van der Waals surface area contributed by atoms with E-state index in [1.807, 2.05) is 18.2 Å². The van der Waals surface area contributed by atoms with Crippen molar-refractivity contribution in [2.24, 2.45) is 17.8 Å². The highest BCUT2D eigenvalue weighted by Gasteiger charge is 2.40. The van der Waals surface area contributed by atoms with Crippen LogP contribution in [0.4, 0.5) is 0 Å². The summed E-state index contributed by atoms with van der Waals surface area (Å²) in [5.41, 5.74) is 0. The van der Waals surface area contributed by atoms with Crippen molar-refractivity contribution < 1.29 is 24.6 Å². The van der Waals surface area contributed by atoms with E-state index in [0.29, 0.717) is 25.7 Å². The normalized spacial score (nSPS) is 22.4. The van der Waals surface area contributed by atoms with E-state index in [4.69, 9.17) is 10.4 Å². The Morgan fingerprint density at radius 1 is 1.30 bits per heavy atom. The molecule has 1 aliphatic carbocycles. The summed E-state index contributed by atoms with van der Waals surface area (Å²) in [6.07, 6.45) is 14.4. The zero-order valence-corrected chi connectivity index (χ0v) is 17.8. The third-order valence-electron chi connectivity index (χ3n) is 5.51. The maximum Gasteiger partial charge on any atom is 0.303 e. The number of Topliss-reactive ketones (excluding diaryl/α,β-unsaturated/α-hetero) is 1. The molecule has 0 aromatic heterocycles. The molecular formula is C23H34N2O5. The number of ketones is 1. The molecule has 1 aliphatic rings. The molecule has 7 heteroatoms. The summed E-state index contributed by atoms with van der Waals surface area (Å²) >= 11 is 0. The summed E-state index contributed by atoms with van der Waals surface area (Å²) in [6.45, 7) is 2.10. The van der Waals surface area contributed by atoms with Crippen LogP contribution in [0.25, 0.3) is 0 Å². The van der Waals surface area contributed by atoms with Crippen LogP contribution in [0.2, 0.25) is 0 Å². The molecule has 0 radical (unpaired) electrons. The number of nitriles is 1. The molecule has 0 bridgehead atoms. The number of aliphatic hydroxyl groups excluding tert-OH is 1. The molecule has 7 nitrogen and oxygen atoms in total. The van der Waals surface area contributed by atoms with Gasteiger partial charge in [-0.25, -0.2) is 0 Å². The standard InChI is InChI=1S/C23H34N2O5/c1-2-3-6-9-18(26)12-13-19-17(15-22(28)25-16-24)14-21(27)20(19)10-7-4-5-8-11-23(29)30/h4,7,12-13,17-20,26H,2-3,5-6,8-11,14-15H2,1H3,(H,25,28)(H,29,30). The Bertz CT molecular complexity index is 665. The van der Waals surface area contributed by atoms with Crippen molar-refractivity contribution in [2.75, 3.05) is 0 Å². The number of aliphatic hydroxyl groups is 1. The van der Waals surface area contributed by atoms with Gasteiger partial charge in [0.05, 0.1) is 6.10 Å². The molecule has 1 fully saturated rings. The summed E-state index contributed by atoms with van der Waals surface area (Å²) in [7, 11) is 0. The van der Waals surface area contributed by atoms with Gasteiger partial charge in [-0.2, -0.15) is 5.26 Å². The average molecular weight is 419 g/mol. The number of allylic oxidation sites excluding steroid dienone is 3. The second kappa shape index (κ2) is 14.5. The molecule has 30 heavy (non-hydrogen) atoms. The molecule has 1 rings (SSSR count). The quantitative estimate of drug-likeness (QED) is 0.171. The Labute approximate surface area is 178 Å². The van der Waals surface area contributed by atoms with Crippen LogP contribution in [-0.2, 0) is 14.4 Å². The first-order valence-corrected chi connectivity index (χ1v) is 10.8.